The minimum absolute atomic E-state index is 0. The molecule has 1 saturated heterocycles. The lowest BCUT2D eigenvalue weighted by atomic mass is 10.1. The number of likely N-dealkylation sites (tertiary alicyclic amines) is 1. The molecule has 0 spiro atoms. The number of benzene rings is 1. The van der Waals surface area contributed by atoms with E-state index in [0.29, 0.717) is 6.04 Å². The van der Waals surface area contributed by atoms with Crippen molar-refractivity contribution in [2.45, 2.75) is 25.4 Å². The molecule has 7 heteroatoms. The third-order valence-corrected chi connectivity index (χ3v) is 4.43. The first-order valence-corrected chi connectivity index (χ1v) is 8.14. The number of likely N-dealkylation sites (N-methyl/N-ethyl adjacent to an activating group) is 1. The minimum Gasteiger partial charge on any atom is -0.439 e. The molecule has 1 aliphatic heterocycles. The highest BCUT2D eigenvalue weighted by atomic mass is 79.9. The number of hydrogen-bond donors (Lipinski definition) is 1. The van der Waals surface area contributed by atoms with Crippen LogP contribution in [-0.4, -0.2) is 36.1 Å². The molecule has 1 unspecified atom stereocenters. The van der Waals surface area contributed by atoms with Crippen molar-refractivity contribution in [1.82, 2.24) is 15.2 Å². The summed E-state index contributed by atoms with van der Waals surface area (Å²) in [6, 6.07) is 8.67. The lowest BCUT2D eigenvalue weighted by Gasteiger charge is -2.31. The topological polar surface area (TPSA) is 41.3 Å². The largest absolute Gasteiger partial charge is 0.439 e. The predicted molar refractivity (Wildman–Crippen MR) is 101 cm³/mol. The zero-order valence-corrected chi connectivity index (χ0v) is 16.2. The first-order chi connectivity index (χ1) is 10.2. The first kappa shape index (κ1) is 20.5. The molecule has 1 N–H and O–H groups in total. The average molecular weight is 423 g/mol. The molecule has 0 saturated carbocycles. The molecule has 23 heavy (non-hydrogen) atoms. The van der Waals surface area contributed by atoms with Crippen LogP contribution in [0.2, 0.25) is 0 Å². The summed E-state index contributed by atoms with van der Waals surface area (Å²) in [5.74, 6) is 1.62. The van der Waals surface area contributed by atoms with Crippen LogP contribution >= 0.6 is 40.7 Å². The lowest BCUT2D eigenvalue weighted by Crippen LogP contribution is -2.43. The summed E-state index contributed by atoms with van der Waals surface area (Å²) >= 11 is 3.48. The number of hydrogen-bond acceptors (Lipinski definition) is 4. The number of nitrogens with zero attached hydrogens (tertiary/aromatic N) is 2. The lowest BCUT2D eigenvalue weighted by molar-refractivity contribution is 0.173. The normalized spacial score (nSPS) is 18.1. The summed E-state index contributed by atoms with van der Waals surface area (Å²) in [7, 11) is 2.03. The van der Waals surface area contributed by atoms with E-state index in [0.717, 1.165) is 41.3 Å². The van der Waals surface area contributed by atoms with E-state index in [2.05, 4.69) is 31.1 Å². The van der Waals surface area contributed by atoms with Gasteiger partial charge in [0.1, 0.15) is 0 Å². The van der Waals surface area contributed by atoms with Crippen molar-refractivity contribution >= 4 is 40.7 Å². The summed E-state index contributed by atoms with van der Waals surface area (Å²) in [6.45, 7) is 2.96. The van der Waals surface area contributed by atoms with Gasteiger partial charge in [-0.3, -0.25) is 4.90 Å². The highest BCUT2D eigenvalue weighted by Gasteiger charge is 2.20. The highest BCUT2D eigenvalue weighted by Crippen LogP contribution is 2.24. The Labute approximate surface area is 158 Å². The summed E-state index contributed by atoms with van der Waals surface area (Å²) in [4.78, 5) is 6.83. The maximum Gasteiger partial charge on any atom is 0.209 e. The fraction of sp³-hybridized carbons (Fsp3) is 0.438. The van der Waals surface area contributed by atoms with Crippen LogP contribution in [0.4, 0.5) is 0 Å². The first-order valence-electron chi connectivity index (χ1n) is 7.35. The molecule has 0 radical (unpaired) electrons. The Hall–Kier alpha value is -0.590. The predicted octanol–water partition coefficient (Wildman–Crippen LogP) is 4.13. The van der Waals surface area contributed by atoms with Crippen LogP contribution in [0.3, 0.4) is 0 Å². The van der Waals surface area contributed by atoms with E-state index in [1.807, 2.05) is 37.5 Å². The number of rotatable bonds is 4. The SMILES string of the molecule is CNC1CCCN(Cc2ncc(-c3cccc(Br)c3)o2)C1.Cl.Cl. The molecule has 1 atom stereocenters. The second-order valence-corrected chi connectivity index (χ2v) is 6.41. The van der Waals surface area contributed by atoms with Gasteiger partial charge >= 0.3 is 0 Å². The smallest absolute Gasteiger partial charge is 0.209 e. The molecule has 3 rings (SSSR count). The number of nitrogens with one attached hydrogen (secondary N) is 1. The summed E-state index contributed by atoms with van der Waals surface area (Å²) in [5, 5.41) is 3.36. The maximum atomic E-state index is 5.90. The molecule has 0 amide bonds. The molecular weight excluding hydrogens is 401 g/mol. The second-order valence-electron chi connectivity index (χ2n) is 5.49. The van der Waals surface area contributed by atoms with Crippen LogP contribution in [0.25, 0.3) is 11.3 Å². The molecular formula is C16H22BrCl2N3O. The molecule has 0 aliphatic carbocycles. The van der Waals surface area contributed by atoms with Crippen molar-refractivity contribution in [1.29, 1.82) is 0 Å². The molecule has 0 bridgehead atoms. The van der Waals surface area contributed by atoms with E-state index < -0.39 is 0 Å². The van der Waals surface area contributed by atoms with E-state index in [-0.39, 0.29) is 24.8 Å². The molecule has 128 valence electrons. The molecule has 1 aromatic carbocycles. The van der Waals surface area contributed by atoms with Gasteiger partial charge in [0.05, 0.1) is 12.7 Å². The van der Waals surface area contributed by atoms with E-state index >= 15 is 0 Å². The Kier molecular flexibility index (Phi) is 8.58. The Morgan fingerprint density at radius 1 is 1.39 bits per heavy atom. The fourth-order valence-electron chi connectivity index (χ4n) is 2.78. The summed E-state index contributed by atoms with van der Waals surface area (Å²) in [5.41, 5.74) is 1.05. The van der Waals surface area contributed by atoms with Crippen molar-refractivity contribution in [3.05, 3.63) is 40.8 Å². The Morgan fingerprint density at radius 2 is 2.22 bits per heavy atom. The van der Waals surface area contributed by atoms with Crippen LogP contribution < -0.4 is 5.32 Å². The minimum atomic E-state index is 0. The van der Waals surface area contributed by atoms with Crippen LogP contribution in [0.5, 0.6) is 0 Å². The second kappa shape index (κ2) is 9.64. The zero-order valence-electron chi connectivity index (χ0n) is 13.0. The Morgan fingerprint density at radius 3 is 2.96 bits per heavy atom. The van der Waals surface area contributed by atoms with Gasteiger partial charge in [-0.25, -0.2) is 4.98 Å². The number of piperidine rings is 1. The quantitative estimate of drug-likeness (QED) is 0.803. The van der Waals surface area contributed by atoms with Crippen LogP contribution in [0, 0.1) is 0 Å². The van der Waals surface area contributed by atoms with Gasteiger partial charge in [-0.1, -0.05) is 28.1 Å². The Balaban J connectivity index is 0.00000132. The van der Waals surface area contributed by atoms with Gasteiger partial charge in [-0.05, 0) is 38.6 Å². The standard InChI is InChI=1S/C16H20BrN3O.2ClH/c1-18-14-6-3-7-20(10-14)11-16-19-9-15(21-16)12-4-2-5-13(17)8-12;;/h2,4-5,8-9,14,18H,3,6-7,10-11H2,1H3;2*1H. The summed E-state index contributed by atoms with van der Waals surface area (Å²) in [6.07, 6.45) is 4.29. The van der Waals surface area contributed by atoms with Gasteiger partial charge in [-0.2, -0.15) is 0 Å². The number of aromatic nitrogens is 1. The van der Waals surface area contributed by atoms with Crippen molar-refractivity contribution in [2.75, 3.05) is 20.1 Å². The van der Waals surface area contributed by atoms with Gasteiger partial charge in [-0.15, -0.1) is 24.8 Å². The molecule has 2 heterocycles. The molecule has 1 aliphatic rings. The van der Waals surface area contributed by atoms with Gasteiger partial charge in [0.25, 0.3) is 0 Å². The molecule has 1 fully saturated rings. The van der Waals surface area contributed by atoms with E-state index in [9.17, 15) is 0 Å². The van der Waals surface area contributed by atoms with E-state index in [4.69, 9.17) is 4.42 Å². The fourth-order valence-corrected chi connectivity index (χ4v) is 3.18. The third-order valence-electron chi connectivity index (χ3n) is 3.94. The van der Waals surface area contributed by atoms with E-state index in [1.54, 1.807) is 0 Å². The monoisotopic (exact) mass is 421 g/mol. The van der Waals surface area contributed by atoms with Crippen LogP contribution in [-0.2, 0) is 6.54 Å². The zero-order chi connectivity index (χ0) is 14.7. The highest BCUT2D eigenvalue weighted by molar-refractivity contribution is 9.10. The molecule has 2 aromatic rings. The maximum absolute atomic E-state index is 5.90. The van der Waals surface area contributed by atoms with Gasteiger partial charge in [0, 0.05) is 22.6 Å². The van der Waals surface area contributed by atoms with Crippen molar-refractivity contribution < 1.29 is 4.42 Å². The summed E-state index contributed by atoms with van der Waals surface area (Å²) < 4.78 is 6.95. The van der Waals surface area contributed by atoms with Crippen molar-refractivity contribution in [2.24, 2.45) is 0 Å². The van der Waals surface area contributed by atoms with Gasteiger partial charge in [0.2, 0.25) is 5.89 Å². The van der Waals surface area contributed by atoms with Crippen LogP contribution in [0.15, 0.2) is 39.4 Å². The number of oxazole rings is 1. The van der Waals surface area contributed by atoms with E-state index in [1.165, 1.54) is 12.8 Å². The van der Waals surface area contributed by atoms with Crippen LogP contribution in [0.1, 0.15) is 18.7 Å². The average Bonchev–Trinajstić information content (AvgIpc) is 2.96. The molecule has 4 nitrogen and oxygen atoms in total. The van der Waals surface area contributed by atoms with Crippen molar-refractivity contribution in [3.63, 3.8) is 0 Å². The third kappa shape index (κ3) is 5.47. The van der Waals surface area contributed by atoms with Crippen molar-refractivity contribution in [3.8, 4) is 11.3 Å². The Bertz CT molecular complexity index is 609. The molecule has 1 aromatic heterocycles. The van der Waals surface area contributed by atoms with Gasteiger partial charge < -0.3 is 9.73 Å². The van der Waals surface area contributed by atoms with Gasteiger partial charge in [0.15, 0.2) is 5.76 Å². The number of halogens is 3.